The second-order valence-electron chi connectivity index (χ2n) is 6.39. The lowest BCUT2D eigenvalue weighted by Crippen LogP contribution is -2.71. The number of carbonyl (C=O) groups is 2. The normalized spacial score (nSPS) is 28.1. The summed E-state index contributed by atoms with van der Waals surface area (Å²) in [4.78, 5) is 27.0. The molecule has 2 fully saturated rings. The van der Waals surface area contributed by atoms with Gasteiger partial charge in [0.2, 0.25) is 11.8 Å². The van der Waals surface area contributed by atoms with Gasteiger partial charge >= 0.3 is 0 Å². The quantitative estimate of drug-likeness (QED) is 0.850. The lowest BCUT2D eigenvalue weighted by atomic mass is 9.87. The molecule has 0 radical (unpaired) electrons. The summed E-state index contributed by atoms with van der Waals surface area (Å²) in [5.41, 5.74) is -0.591. The van der Waals surface area contributed by atoms with Gasteiger partial charge < -0.3 is 10.2 Å². The van der Waals surface area contributed by atoms with Crippen molar-refractivity contribution < 1.29 is 9.59 Å². The zero-order valence-corrected chi connectivity index (χ0v) is 12.5. The maximum atomic E-state index is 12.9. The molecular weight excluding hydrogens is 240 g/mol. The van der Waals surface area contributed by atoms with E-state index in [4.69, 9.17) is 0 Å². The van der Waals surface area contributed by atoms with Crippen LogP contribution >= 0.6 is 0 Å². The number of hydrogen-bond acceptors (Lipinski definition) is 2. The van der Waals surface area contributed by atoms with E-state index in [1.165, 1.54) is 0 Å². The van der Waals surface area contributed by atoms with Gasteiger partial charge in [-0.15, -0.1) is 0 Å². The van der Waals surface area contributed by atoms with E-state index >= 15 is 0 Å². The van der Waals surface area contributed by atoms with Crippen LogP contribution in [0.15, 0.2) is 0 Å². The van der Waals surface area contributed by atoms with Gasteiger partial charge in [-0.2, -0.15) is 0 Å². The number of carbonyl (C=O) groups excluding carboxylic acids is 2. The molecule has 2 atom stereocenters. The summed E-state index contributed by atoms with van der Waals surface area (Å²) in [6.07, 6.45) is 4.57. The summed E-state index contributed by atoms with van der Waals surface area (Å²) in [6.45, 7) is 8.20. The first-order valence-corrected chi connectivity index (χ1v) is 7.57. The van der Waals surface area contributed by atoms with Crippen molar-refractivity contribution in [1.29, 1.82) is 0 Å². The first kappa shape index (κ1) is 14.4. The first-order chi connectivity index (χ1) is 8.93. The fraction of sp³-hybridized carbons (Fsp3) is 0.867. The highest BCUT2D eigenvalue weighted by molar-refractivity contribution is 6.00. The van der Waals surface area contributed by atoms with E-state index in [-0.39, 0.29) is 23.9 Å². The minimum Gasteiger partial charge on any atom is -0.340 e. The summed E-state index contributed by atoms with van der Waals surface area (Å²) in [5.74, 6) is 0.541. The van der Waals surface area contributed by atoms with Crippen LogP contribution in [0.25, 0.3) is 0 Å². The highest BCUT2D eigenvalue weighted by atomic mass is 16.2. The maximum absolute atomic E-state index is 12.9. The second-order valence-corrected chi connectivity index (χ2v) is 6.39. The number of rotatable bonds is 3. The molecule has 2 rings (SSSR count). The topological polar surface area (TPSA) is 49.4 Å². The third-order valence-electron chi connectivity index (χ3n) is 4.81. The maximum Gasteiger partial charge on any atom is 0.249 e. The molecule has 0 bridgehead atoms. The fourth-order valence-corrected chi connectivity index (χ4v) is 3.69. The molecule has 2 unspecified atom stereocenters. The zero-order valence-electron chi connectivity index (χ0n) is 12.5. The Bertz CT molecular complexity index is 372. The van der Waals surface area contributed by atoms with Crippen LogP contribution in [-0.4, -0.2) is 34.3 Å². The van der Waals surface area contributed by atoms with E-state index in [2.05, 4.69) is 26.1 Å². The molecule has 108 valence electrons. The molecule has 4 heteroatoms. The third-order valence-corrected chi connectivity index (χ3v) is 4.81. The van der Waals surface area contributed by atoms with Crippen LogP contribution in [0.4, 0.5) is 0 Å². The van der Waals surface area contributed by atoms with E-state index in [0.717, 1.165) is 32.1 Å². The van der Waals surface area contributed by atoms with Crippen molar-refractivity contribution in [2.75, 3.05) is 0 Å². The van der Waals surface area contributed by atoms with Crippen LogP contribution in [0.1, 0.15) is 59.8 Å². The van der Waals surface area contributed by atoms with Crippen LogP contribution in [0.5, 0.6) is 0 Å². The molecule has 4 nitrogen and oxygen atoms in total. The minimum absolute atomic E-state index is 0.0144. The van der Waals surface area contributed by atoms with Crippen molar-refractivity contribution in [2.45, 2.75) is 77.4 Å². The minimum atomic E-state index is -0.591. The standard InChI is InChI=1S/C15H26N2O2/c1-5-12(10(2)3)17-11(4)13(18)16-15(14(17)19)8-6-7-9-15/h10-12H,5-9H2,1-4H3,(H,16,18). The number of nitrogens with one attached hydrogen (secondary N) is 1. The molecule has 0 aromatic rings. The molecule has 1 aliphatic heterocycles. The molecule has 19 heavy (non-hydrogen) atoms. The Morgan fingerprint density at radius 1 is 1.32 bits per heavy atom. The van der Waals surface area contributed by atoms with Gasteiger partial charge in [0.25, 0.3) is 0 Å². The molecule has 2 amide bonds. The molecule has 1 N–H and O–H groups in total. The summed E-state index contributed by atoms with van der Waals surface area (Å²) in [5, 5.41) is 3.01. The predicted molar refractivity (Wildman–Crippen MR) is 74.6 cm³/mol. The van der Waals surface area contributed by atoms with E-state index in [0.29, 0.717) is 5.92 Å². The van der Waals surface area contributed by atoms with Crippen molar-refractivity contribution in [3.63, 3.8) is 0 Å². The van der Waals surface area contributed by atoms with Crippen molar-refractivity contribution in [1.82, 2.24) is 10.2 Å². The Morgan fingerprint density at radius 2 is 1.89 bits per heavy atom. The van der Waals surface area contributed by atoms with Gasteiger partial charge in [-0.3, -0.25) is 9.59 Å². The molecule has 0 aromatic heterocycles. The lowest BCUT2D eigenvalue weighted by Gasteiger charge is -2.47. The van der Waals surface area contributed by atoms with E-state index in [1.54, 1.807) is 0 Å². The number of nitrogens with zero attached hydrogens (tertiary/aromatic N) is 1. The summed E-state index contributed by atoms with van der Waals surface area (Å²) < 4.78 is 0. The molecule has 1 saturated heterocycles. The van der Waals surface area contributed by atoms with Gasteiger partial charge in [-0.25, -0.2) is 0 Å². The van der Waals surface area contributed by atoms with Crippen LogP contribution in [-0.2, 0) is 9.59 Å². The highest BCUT2D eigenvalue weighted by Gasteiger charge is 2.52. The Hall–Kier alpha value is -1.06. The molecule has 2 aliphatic rings. The van der Waals surface area contributed by atoms with Gasteiger partial charge in [-0.05, 0) is 32.1 Å². The average Bonchev–Trinajstić information content (AvgIpc) is 2.81. The molecule has 1 heterocycles. The van der Waals surface area contributed by atoms with Crippen molar-refractivity contribution in [2.24, 2.45) is 5.92 Å². The van der Waals surface area contributed by atoms with Gasteiger partial charge in [0.1, 0.15) is 11.6 Å². The molecule has 1 aliphatic carbocycles. The summed E-state index contributed by atoms with van der Waals surface area (Å²) >= 11 is 0. The largest absolute Gasteiger partial charge is 0.340 e. The Morgan fingerprint density at radius 3 is 2.37 bits per heavy atom. The van der Waals surface area contributed by atoms with E-state index in [1.807, 2.05) is 11.8 Å². The third kappa shape index (κ3) is 2.26. The molecule has 1 spiro atoms. The van der Waals surface area contributed by atoms with Crippen LogP contribution < -0.4 is 5.32 Å². The van der Waals surface area contributed by atoms with Crippen molar-refractivity contribution in [3.8, 4) is 0 Å². The van der Waals surface area contributed by atoms with E-state index in [9.17, 15) is 9.59 Å². The second kappa shape index (κ2) is 5.14. The Balaban J connectivity index is 2.33. The molecule has 1 saturated carbocycles. The zero-order chi connectivity index (χ0) is 14.2. The number of amides is 2. The highest BCUT2D eigenvalue weighted by Crippen LogP contribution is 2.36. The predicted octanol–water partition coefficient (Wildman–Crippen LogP) is 2.08. The first-order valence-electron chi connectivity index (χ1n) is 7.57. The van der Waals surface area contributed by atoms with Crippen LogP contribution in [0.3, 0.4) is 0 Å². The van der Waals surface area contributed by atoms with E-state index < -0.39 is 5.54 Å². The Labute approximate surface area is 115 Å². The Kier molecular flexibility index (Phi) is 3.88. The number of hydrogen-bond donors (Lipinski definition) is 1. The lowest BCUT2D eigenvalue weighted by molar-refractivity contribution is -0.158. The summed E-state index contributed by atoms with van der Waals surface area (Å²) in [7, 11) is 0. The van der Waals surface area contributed by atoms with Gasteiger partial charge in [0, 0.05) is 6.04 Å². The molecule has 0 aromatic carbocycles. The smallest absolute Gasteiger partial charge is 0.249 e. The van der Waals surface area contributed by atoms with Crippen LogP contribution in [0.2, 0.25) is 0 Å². The van der Waals surface area contributed by atoms with Gasteiger partial charge in [0.05, 0.1) is 0 Å². The van der Waals surface area contributed by atoms with Crippen molar-refractivity contribution in [3.05, 3.63) is 0 Å². The molecular formula is C15H26N2O2. The monoisotopic (exact) mass is 266 g/mol. The van der Waals surface area contributed by atoms with Crippen molar-refractivity contribution >= 4 is 11.8 Å². The average molecular weight is 266 g/mol. The van der Waals surface area contributed by atoms with Gasteiger partial charge in [-0.1, -0.05) is 33.6 Å². The fourth-order valence-electron chi connectivity index (χ4n) is 3.69. The van der Waals surface area contributed by atoms with Crippen LogP contribution in [0, 0.1) is 5.92 Å². The number of piperazine rings is 1. The SMILES string of the molecule is CCC(C(C)C)N1C(=O)C2(CCCC2)NC(=O)C1C. The summed E-state index contributed by atoms with van der Waals surface area (Å²) in [6, 6.07) is -0.183. The van der Waals surface area contributed by atoms with Gasteiger partial charge in [0.15, 0.2) is 0 Å².